The number of aryl methyl sites for hydroxylation is 1. The van der Waals surface area contributed by atoms with Gasteiger partial charge in [-0.25, -0.2) is 4.39 Å². The van der Waals surface area contributed by atoms with Crippen LogP contribution in [0.4, 0.5) is 4.39 Å². The molecular formula is C13H13FN6S. The number of hydrogen-bond donors (Lipinski definition) is 1. The normalized spacial score (nSPS) is 11.0. The molecule has 0 unspecified atom stereocenters. The van der Waals surface area contributed by atoms with Gasteiger partial charge in [0.15, 0.2) is 0 Å². The highest BCUT2D eigenvalue weighted by Gasteiger charge is 2.16. The molecule has 6 nitrogen and oxygen atoms in total. The fraction of sp³-hybridized carbons (Fsp3) is 0.231. The Labute approximate surface area is 124 Å². The van der Waals surface area contributed by atoms with Gasteiger partial charge in [0.1, 0.15) is 16.5 Å². The Morgan fingerprint density at radius 1 is 1.19 bits per heavy atom. The highest BCUT2D eigenvalue weighted by molar-refractivity contribution is 7.13. The summed E-state index contributed by atoms with van der Waals surface area (Å²) in [5, 5.41) is 17.8. The van der Waals surface area contributed by atoms with Gasteiger partial charge in [0.2, 0.25) is 5.13 Å². The highest BCUT2D eigenvalue weighted by atomic mass is 32.1. The van der Waals surface area contributed by atoms with Crippen molar-refractivity contribution < 1.29 is 4.39 Å². The molecule has 0 fully saturated rings. The number of aromatic nitrogens is 5. The first-order valence-corrected chi connectivity index (χ1v) is 7.17. The molecule has 8 heteroatoms. The molecule has 2 heterocycles. The molecule has 0 atom stereocenters. The summed E-state index contributed by atoms with van der Waals surface area (Å²) in [6.45, 7) is 2.16. The number of benzene rings is 1. The fourth-order valence-electron chi connectivity index (χ4n) is 1.99. The Bertz CT molecular complexity index is 748. The number of halogens is 1. The Kier molecular flexibility index (Phi) is 3.72. The molecule has 0 aliphatic heterocycles. The van der Waals surface area contributed by atoms with E-state index >= 15 is 0 Å². The maximum absolute atomic E-state index is 13.0. The SMILES string of the molecule is Cc1nnc(-n2nnc(CN)c2Cc2ccc(F)cc2)s1. The van der Waals surface area contributed by atoms with Crippen molar-refractivity contribution in [1.82, 2.24) is 25.2 Å². The minimum atomic E-state index is -0.260. The van der Waals surface area contributed by atoms with E-state index in [4.69, 9.17) is 5.73 Å². The van der Waals surface area contributed by atoms with E-state index in [1.165, 1.54) is 23.5 Å². The van der Waals surface area contributed by atoms with Crippen molar-refractivity contribution in [3.05, 3.63) is 52.0 Å². The van der Waals surface area contributed by atoms with Crippen molar-refractivity contribution in [2.24, 2.45) is 5.73 Å². The van der Waals surface area contributed by atoms with Crippen molar-refractivity contribution in [3.8, 4) is 5.13 Å². The van der Waals surface area contributed by atoms with Crippen LogP contribution in [0.25, 0.3) is 5.13 Å². The smallest absolute Gasteiger partial charge is 0.234 e. The lowest BCUT2D eigenvalue weighted by Crippen LogP contribution is -2.07. The maximum Gasteiger partial charge on any atom is 0.234 e. The summed E-state index contributed by atoms with van der Waals surface area (Å²) in [4.78, 5) is 0. The van der Waals surface area contributed by atoms with E-state index in [0.717, 1.165) is 16.3 Å². The van der Waals surface area contributed by atoms with Crippen LogP contribution in [-0.4, -0.2) is 25.2 Å². The molecule has 0 spiro atoms. The summed E-state index contributed by atoms with van der Waals surface area (Å²) >= 11 is 1.43. The van der Waals surface area contributed by atoms with E-state index in [2.05, 4.69) is 20.5 Å². The zero-order valence-corrected chi connectivity index (χ0v) is 12.1. The van der Waals surface area contributed by atoms with Crippen molar-refractivity contribution in [2.75, 3.05) is 0 Å². The molecule has 0 bridgehead atoms. The van der Waals surface area contributed by atoms with Gasteiger partial charge in [0, 0.05) is 13.0 Å². The van der Waals surface area contributed by atoms with Gasteiger partial charge < -0.3 is 5.73 Å². The third kappa shape index (κ3) is 2.81. The predicted octanol–water partition coefficient (Wildman–Crippen LogP) is 1.62. The van der Waals surface area contributed by atoms with E-state index < -0.39 is 0 Å². The average Bonchev–Trinajstić information content (AvgIpc) is 3.07. The van der Waals surface area contributed by atoms with Crippen LogP contribution in [0.1, 0.15) is 22.0 Å². The van der Waals surface area contributed by atoms with Crippen LogP contribution >= 0.6 is 11.3 Å². The van der Waals surface area contributed by atoms with Gasteiger partial charge in [-0.2, -0.15) is 4.68 Å². The first-order chi connectivity index (χ1) is 10.2. The average molecular weight is 304 g/mol. The van der Waals surface area contributed by atoms with Crippen LogP contribution in [0.15, 0.2) is 24.3 Å². The molecular weight excluding hydrogens is 291 g/mol. The van der Waals surface area contributed by atoms with E-state index in [0.29, 0.717) is 17.2 Å². The molecule has 21 heavy (non-hydrogen) atoms. The second-order valence-corrected chi connectivity index (χ2v) is 5.67. The van der Waals surface area contributed by atoms with Crippen LogP contribution in [0.3, 0.4) is 0 Å². The quantitative estimate of drug-likeness (QED) is 0.792. The Morgan fingerprint density at radius 2 is 1.95 bits per heavy atom. The van der Waals surface area contributed by atoms with Crippen molar-refractivity contribution in [2.45, 2.75) is 19.9 Å². The number of hydrogen-bond acceptors (Lipinski definition) is 6. The van der Waals surface area contributed by atoms with Gasteiger partial charge in [0.05, 0.1) is 5.69 Å². The zero-order valence-electron chi connectivity index (χ0n) is 11.3. The standard InChI is InChI=1S/C13H13FN6S/c1-8-16-18-13(21-8)20-12(11(7-15)17-19-20)6-9-2-4-10(14)5-3-9/h2-5H,6-7,15H2,1H3. The van der Waals surface area contributed by atoms with E-state index in [1.807, 2.05) is 6.92 Å². The van der Waals surface area contributed by atoms with Gasteiger partial charge in [-0.3, -0.25) is 0 Å². The molecule has 2 N–H and O–H groups in total. The number of rotatable bonds is 4. The second-order valence-electron chi connectivity index (χ2n) is 4.51. The van der Waals surface area contributed by atoms with Crippen LogP contribution < -0.4 is 5.73 Å². The molecule has 0 aliphatic carbocycles. The lowest BCUT2D eigenvalue weighted by atomic mass is 10.1. The molecule has 2 aromatic heterocycles. The Morgan fingerprint density at radius 3 is 2.57 bits per heavy atom. The highest BCUT2D eigenvalue weighted by Crippen LogP contribution is 2.19. The van der Waals surface area contributed by atoms with Crippen molar-refractivity contribution >= 4 is 11.3 Å². The monoisotopic (exact) mass is 304 g/mol. The van der Waals surface area contributed by atoms with Gasteiger partial charge in [0.25, 0.3) is 0 Å². The molecule has 0 radical (unpaired) electrons. The lowest BCUT2D eigenvalue weighted by molar-refractivity contribution is 0.627. The molecule has 1 aromatic carbocycles. The first kappa shape index (κ1) is 13.8. The largest absolute Gasteiger partial charge is 0.325 e. The van der Waals surface area contributed by atoms with Crippen molar-refractivity contribution in [3.63, 3.8) is 0 Å². The lowest BCUT2D eigenvalue weighted by Gasteiger charge is -2.05. The third-order valence-electron chi connectivity index (χ3n) is 3.02. The molecule has 0 amide bonds. The van der Waals surface area contributed by atoms with Crippen molar-refractivity contribution in [1.29, 1.82) is 0 Å². The van der Waals surface area contributed by atoms with Crippen LogP contribution in [-0.2, 0) is 13.0 Å². The molecule has 108 valence electrons. The summed E-state index contributed by atoms with van der Waals surface area (Å²) in [5.74, 6) is -0.260. The topological polar surface area (TPSA) is 82.5 Å². The third-order valence-corrected chi connectivity index (χ3v) is 3.83. The Hall–Kier alpha value is -2.19. The Balaban J connectivity index is 1.99. The van der Waals surface area contributed by atoms with Gasteiger partial charge in [-0.15, -0.1) is 15.3 Å². The van der Waals surface area contributed by atoms with E-state index in [1.54, 1.807) is 16.8 Å². The fourth-order valence-corrected chi connectivity index (χ4v) is 2.65. The van der Waals surface area contributed by atoms with Gasteiger partial charge in [-0.05, 0) is 24.6 Å². The molecule has 3 aromatic rings. The summed E-state index contributed by atoms with van der Waals surface area (Å²) in [6, 6.07) is 6.33. The predicted molar refractivity (Wildman–Crippen MR) is 76.7 cm³/mol. The maximum atomic E-state index is 13.0. The molecule has 3 rings (SSSR count). The van der Waals surface area contributed by atoms with E-state index in [-0.39, 0.29) is 12.4 Å². The van der Waals surface area contributed by atoms with Crippen LogP contribution in [0.5, 0.6) is 0 Å². The first-order valence-electron chi connectivity index (χ1n) is 6.36. The molecule has 0 aliphatic rings. The van der Waals surface area contributed by atoms with Gasteiger partial charge >= 0.3 is 0 Å². The number of nitrogens with zero attached hydrogens (tertiary/aromatic N) is 5. The summed E-state index contributed by atoms with van der Waals surface area (Å²) in [6.07, 6.45) is 0.554. The zero-order chi connectivity index (χ0) is 14.8. The van der Waals surface area contributed by atoms with Crippen LogP contribution in [0, 0.1) is 12.7 Å². The number of nitrogens with two attached hydrogens (primary N) is 1. The second kappa shape index (κ2) is 5.66. The van der Waals surface area contributed by atoms with Crippen LogP contribution in [0.2, 0.25) is 0 Å². The summed E-state index contributed by atoms with van der Waals surface area (Å²) < 4.78 is 14.6. The van der Waals surface area contributed by atoms with Gasteiger partial charge in [-0.1, -0.05) is 28.7 Å². The molecule has 0 saturated heterocycles. The molecule has 0 saturated carbocycles. The summed E-state index contributed by atoms with van der Waals surface area (Å²) in [5.41, 5.74) is 8.22. The summed E-state index contributed by atoms with van der Waals surface area (Å²) in [7, 11) is 0. The minimum Gasteiger partial charge on any atom is -0.325 e. The van der Waals surface area contributed by atoms with E-state index in [9.17, 15) is 4.39 Å². The minimum absolute atomic E-state index is 0.260.